The van der Waals surface area contributed by atoms with E-state index >= 15 is 0 Å². The Morgan fingerprint density at radius 3 is 2.83 bits per heavy atom. The zero-order chi connectivity index (χ0) is 13.2. The van der Waals surface area contributed by atoms with Gasteiger partial charge in [0.2, 0.25) is 0 Å². The highest BCUT2D eigenvalue weighted by molar-refractivity contribution is 5.89. The number of benzene rings is 1. The van der Waals surface area contributed by atoms with Gasteiger partial charge in [-0.3, -0.25) is 0 Å². The molecular formula is C14H23N3O. The van der Waals surface area contributed by atoms with E-state index in [2.05, 4.69) is 17.6 Å². The normalized spacial score (nSPS) is 10.1. The summed E-state index contributed by atoms with van der Waals surface area (Å²) in [7, 11) is 0. The molecule has 0 spiro atoms. The van der Waals surface area contributed by atoms with Crippen LogP contribution in [0.4, 0.5) is 10.5 Å². The predicted octanol–water partition coefficient (Wildman–Crippen LogP) is 2.85. The first-order valence-corrected chi connectivity index (χ1v) is 6.60. The van der Waals surface area contributed by atoms with Crippen LogP contribution < -0.4 is 16.4 Å². The quantitative estimate of drug-likeness (QED) is 0.650. The second kappa shape index (κ2) is 8.53. The number of amides is 2. The molecule has 0 aliphatic carbocycles. The summed E-state index contributed by atoms with van der Waals surface area (Å²) in [5.74, 6) is 0. The fourth-order valence-electron chi connectivity index (χ4n) is 1.71. The van der Waals surface area contributed by atoms with Crippen molar-refractivity contribution >= 4 is 11.7 Å². The zero-order valence-corrected chi connectivity index (χ0v) is 11.0. The molecule has 0 fully saturated rings. The van der Waals surface area contributed by atoms with E-state index in [0.29, 0.717) is 6.54 Å². The highest BCUT2D eigenvalue weighted by atomic mass is 16.2. The highest BCUT2D eigenvalue weighted by Gasteiger charge is 2.01. The minimum absolute atomic E-state index is 0.152. The molecular weight excluding hydrogens is 226 g/mol. The third-order valence-electron chi connectivity index (χ3n) is 2.74. The van der Waals surface area contributed by atoms with E-state index in [4.69, 9.17) is 5.73 Å². The Labute approximate surface area is 109 Å². The molecule has 0 heterocycles. The summed E-state index contributed by atoms with van der Waals surface area (Å²) in [6, 6.07) is 7.42. The SMILES string of the molecule is CCCCCCNC(=O)Nc1cccc(CN)c1. The van der Waals surface area contributed by atoms with Crippen molar-refractivity contribution in [3.63, 3.8) is 0 Å². The van der Waals surface area contributed by atoms with E-state index < -0.39 is 0 Å². The maximum atomic E-state index is 11.6. The molecule has 4 nitrogen and oxygen atoms in total. The molecule has 0 atom stereocenters. The van der Waals surface area contributed by atoms with Gasteiger partial charge in [-0.1, -0.05) is 38.3 Å². The van der Waals surface area contributed by atoms with E-state index in [0.717, 1.165) is 24.2 Å². The van der Waals surface area contributed by atoms with Crippen LogP contribution in [0.15, 0.2) is 24.3 Å². The zero-order valence-electron chi connectivity index (χ0n) is 11.0. The fourth-order valence-corrected chi connectivity index (χ4v) is 1.71. The molecule has 0 bridgehead atoms. The Bertz CT molecular complexity index is 366. The summed E-state index contributed by atoms with van der Waals surface area (Å²) >= 11 is 0. The van der Waals surface area contributed by atoms with E-state index in [1.807, 2.05) is 24.3 Å². The molecule has 100 valence electrons. The average molecular weight is 249 g/mol. The van der Waals surface area contributed by atoms with Gasteiger partial charge in [0.1, 0.15) is 0 Å². The third kappa shape index (κ3) is 5.68. The lowest BCUT2D eigenvalue weighted by Gasteiger charge is -2.08. The van der Waals surface area contributed by atoms with Gasteiger partial charge in [0.25, 0.3) is 0 Å². The summed E-state index contributed by atoms with van der Waals surface area (Å²) in [6.45, 7) is 3.38. The first-order valence-electron chi connectivity index (χ1n) is 6.60. The van der Waals surface area contributed by atoms with E-state index in [9.17, 15) is 4.79 Å². The van der Waals surface area contributed by atoms with Gasteiger partial charge < -0.3 is 16.4 Å². The Balaban J connectivity index is 2.26. The molecule has 18 heavy (non-hydrogen) atoms. The maximum absolute atomic E-state index is 11.6. The lowest BCUT2D eigenvalue weighted by Crippen LogP contribution is -2.29. The van der Waals surface area contributed by atoms with Gasteiger partial charge >= 0.3 is 6.03 Å². The van der Waals surface area contributed by atoms with Crippen molar-refractivity contribution in [3.05, 3.63) is 29.8 Å². The molecule has 0 aliphatic rings. The van der Waals surface area contributed by atoms with E-state index in [1.54, 1.807) is 0 Å². The predicted molar refractivity (Wildman–Crippen MR) is 75.5 cm³/mol. The van der Waals surface area contributed by atoms with Gasteiger partial charge in [-0.2, -0.15) is 0 Å². The average Bonchev–Trinajstić information content (AvgIpc) is 2.38. The summed E-state index contributed by atoms with van der Waals surface area (Å²) < 4.78 is 0. The summed E-state index contributed by atoms with van der Waals surface area (Å²) in [5.41, 5.74) is 7.34. The molecule has 1 aromatic carbocycles. The number of rotatable bonds is 7. The van der Waals surface area contributed by atoms with Crippen LogP contribution >= 0.6 is 0 Å². The van der Waals surface area contributed by atoms with Crippen LogP contribution in [0.2, 0.25) is 0 Å². The minimum atomic E-state index is -0.152. The van der Waals surface area contributed by atoms with E-state index in [-0.39, 0.29) is 6.03 Å². The van der Waals surface area contributed by atoms with Crippen LogP contribution in [-0.4, -0.2) is 12.6 Å². The van der Waals surface area contributed by atoms with Gasteiger partial charge in [-0.25, -0.2) is 4.79 Å². The number of carbonyl (C=O) groups excluding carboxylic acids is 1. The maximum Gasteiger partial charge on any atom is 0.319 e. The van der Waals surface area contributed by atoms with Gasteiger partial charge in [-0.15, -0.1) is 0 Å². The molecule has 0 aromatic heterocycles. The molecule has 4 N–H and O–H groups in total. The number of urea groups is 1. The molecule has 4 heteroatoms. The van der Waals surface area contributed by atoms with Crippen LogP contribution in [-0.2, 0) is 6.54 Å². The summed E-state index contributed by atoms with van der Waals surface area (Å²) in [4.78, 5) is 11.6. The smallest absolute Gasteiger partial charge is 0.319 e. The Hall–Kier alpha value is -1.55. The van der Waals surface area contributed by atoms with Crippen molar-refractivity contribution in [2.75, 3.05) is 11.9 Å². The number of carbonyl (C=O) groups is 1. The molecule has 2 amide bonds. The topological polar surface area (TPSA) is 67.2 Å². The lowest BCUT2D eigenvalue weighted by molar-refractivity contribution is 0.252. The number of nitrogens with two attached hydrogens (primary N) is 1. The van der Waals surface area contributed by atoms with Gasteiger partial charge in [-0.05, 0) is 24.1 Å². The van der Waals surface area contributed by atoms with Crippen molar-refractivity contribution in [2.24, 2.45) is 5.73 Å². The van der Waals surface area contributed by atoms with Crippen molar-refractivity contribution in [2.45, 2.75) is 39.2 Å². The van der Waals surface area contributed by atoms with Crippen LogP contribution in [0.25, 0.3) is 0 Å². The largest absolute Gasteiger partial charge is 0.338 e. The Kier molecular flexibility index (Phi) is 6.87. The summed E-state index contributed by atoms with van der Waals surface area (Å²) in [5, 5.41) is 5.65. The monoisotopic (exact) mass is 249 g/mol. The second-order valence-corrected chi connectivity index (χ2v) is 4.35. The first kappa shape index (κ1) is 14.5. The van der Waals surface area contributed by atoms with Gasteiger partial charge in [0, 0.05) is 18.8 Å². The van der Waals surface area contributed by atoms with Crippen molar-refractivity contribution in [3.8, 4) is 0 Å². The van der Waals surface area contributed by atoms with Crippen LogP contribution in [0.5, 0.6) is 0 Å². The lowest BCUT2D eigenvalue weighted by atomic mass is 10.2. The molecule has 0 radical (unpaired) electrons. The number of unbranched alkanes of at least 4 members (excludes halogenated alkanes) is 3. The van der Waals surface area contributed by atoms with Crippen molar-refractivity contribution in [1.29, 1.82) is 0 Å². The van der Waals surface area contributed by atoms with Gasteiger partial charge in [0.05, 0.1) is 0 Å². The second-order valence-electron chi connectivity index (χ2n) is 4.35. The van der Waals surface area contributed by atoms with Crippen LogP contribution in [0.1, 0.15) is 38.2 Å². The first-order chi connectivity index (χ1) is 8.76. The molecule has 0 unspecified atom stereocenters. The van der Waals surface area contributed by atoms with Gasteiger partial charge in [0.15, 0.2) is 0 Å². The molecule has 0 aliphatic heterocycles. The molecule has 0 saturated heterocycles. The number of hydrogen-bond acceptors (Lipinski definition) is 2. The molecule has 0 saturated carbocycles. The number of nitrogens with one attached hydrogen (secondary N) is 2. The summed E-state index contributed by atoms with van der Waals surface area (Å²) in [6.07, 6.45) is 4.63. The Morgan fingerprint density at radius 2 is 2.11 bits per heavy atom. The fraction of sp³-hybridized carbons (Fsp3) is 0.500. The van der Waals surface area contributed by atoms with Crippen molar-refractivity contribution < 1.29 is 4.79 Å². The standard InChI is InChI=1S/C14H23N3O/c1-2-3-4-5-9-16-14(18)17-13-8-6-7-12(10-13)11-15/h6-8,10H,2-5,9,11,15H2,1H3,(H2,16,17,18). The van der Waals surface area contributed by atoms with Crippen LogP contribution in [0, 0.1) is 0 Å². The van der Waals surface area contributed by atoms with E-state index in [1.165, 1.54) is 19.3 Å². The third-order valence-corrected chi connectivity index (χ3v) is 2.74. The minimum Gasteiger partial charge on any atom is -0.338 e. The number of hydrogen-bond donors (Lipinski definition) is 3. The Morgan fingerprint density at radius 1 is 1.28 bits per heavy atom. The van der Waals surface area contributed by atoms with Crippen LogP contribution in [0.3, 0.4) is 0 Å². The molecule has 1 rings (SSSR count). The van der Waals surface area contributed by atoms with Crippen molar-refractivity contribution in [1.82, 2.24) is 5.32 Å². The highest BCUT2D eigenvalue weighted by Crippen LogP contribution is 2.09. The number of anilines is 1. The molecule has 1 aromatic rings.